The Morgan fingerprint density at radius 2 is 2.33 bits per heavy atom. The molecular weight excluding hydrogens is 278 g/mol. The molecule has 1 heterocycles. The lowest BCUT2D eigenvalue weighted by Crippen LogP contribution is -2.41. The smallest absolute Gasteiger partial charge is 0.311 e. The second-order valence-electron chi connectivity index (χ2n) is 4.68. The van der Waals surface area contributed by atoms with Crippen LogP contribution in [0, 0.1) is 10.1 Å². The third kappa shape index (κ3) is 3.52. The molecule has 9 nitrogen and oxygen atoms in total. The van der Waals surface area contributed by atoms with Crippen LogP contribution >= 0.6 is 0 Å². The zero-order valence-electron chi connectivity index (χ0n) is 11.2. The molecule has 2 atom stereocenters. The van der Waals surface area contributed by atoms with E-state index in [4.69, 9.17) is 0 Å². The number of carbonyl (C=O) groups excluding carboxylic acids is 1. The third-order valence-corrected chi connectivity index (χ3v) is 3.03. The summed E-state index contributed by atoms with van der Waals surface area (Å²) in [4.78, 5) is 21.7. The molecule has 0 saturated carbocycles. The number of para-hydroxylation sites is 1. The quantitative estimate of drug-likeness (QED) is 0.351. The van der Waals surface area contributed by atoms with Crippen LogP contribution in [0.3, 0.4) is 0 Å². The summed E-state index contributed by atoms with van der Waals surface area (Å²) < 4.78 is 0. The van der Waals surface area contributed by atoms with Gasteiger partial charge >= 0.3 is 5.69 Å². The molecule has 2 unspecified atom stereocenters. The second kappa shape index (κ2) is 6.29. The Morgan fingerprint density at radius 3 is 2.95 bits per heavy atom. The molecule has 1 aromatic carbocycles. The molecule has 0 aliphatic carbocycles. The Kier molecular flexibility index (Phi) is 4.45. The van der Waals surface area contributed by atoms with Crippen LogP contribution < -0.4 is 16.3 Å². The molecule has 1 saturated heterocycles. The van der Waals surface area contributed by atoms with Gasteiger partial charge in [-0.1, -0.05) is 6.07 Å². The van der Waals surface area contributed by atoms with Crippen LogP contribution in [0.1, 0.15) is 18.9 Å². The van der Waals surface area contributed by atoms with E-state index in [0.717, 1.165) is 6.21 Å². The van der Waals surface area contributed by atoms with Crippen LogP contribution in [0.25, 0.3) is 0 Å². The zero-order valence-corrected chi connectivity index (χ0v) is 11.2. The predicted octanol–water partition coefficient (Wildman–Crippen LogP) is 0.00550. The monoisotopic (exact) mass is 293 g/mol. The van der Waals surface area contributed by atoms with Crippen molar-refractivity contribution < 1.29 is 14.8 Å². The molecule has 112 valence electrons. The Hall–Kier alpha value is -2.52. The van der Waals surface area contributed by atoms with Crippen molar-refractivity contribution >= 4 is 17.8 Å². The van der Waals surface area contributed by atoms with Crippen LogP contribution in [0.15, 0.2) is 23.3 Å². The minimum Gasteiger partial charge on any atom is -0.502 e. The number of hydrazine groups is 1. The number of benzene rings is 1. The molecule has 9 heteroatoms. The van der Waals surface area contributed by atoms with Crippen LogP contribution in [-0.4, -0.2) is 34.2 Å². The van der Waals surface area contributed by atoms with E-state index in [1.165, 1.54) is 18.2 Å². The number of carbonyl (C=O) groups is 1. The first kappa shape index (κ1) is 14.9. The molecule has 21 heavy (non-hydrogen) atoms. The Morgan fingerprint density at radius 1 is 1.57 bits per heavy atom. The molecule has 1 aliphatic rings. The molecule has 1 fully saturated rings. The van der Waals surface area contributed by atoms with E-state index in [9.17, 15) is 20.0 Å². The summed E-state index contributed by atoms with van der Waals surface area (Å²) in [7, 11) is 0. The molecule has 1 amide bonds. The van der Waals surface area contributed by atoms with Crippen molar-refractivity contribution in [1.29, 1.82) is 0 Å². The number of nitro groups is 1. The number of amides is 1. The SMILES string of the molecule is CC1CC(C(=O)N/N=C/c2cccc([N+](=O)[O-])c2O)NN1. The first-order chi connectivity index (χ1) is 9.99. The van der Waals surface area contributed by atoms with Crippen LogP contribution in [-0.2, 0) is 4.79 Å². The number of phenols is 1. The van der Waals surface area contributed by atoms with Crippen molar-refractivity contribution in [3.05, 3.63) is 33.9 Å². The lowest BCUT2D eigenvalue weighted by atomic mass is 10.1. The maximum absolute atomic E-state index is 11.7. The van der Waals surface area contributed by atoms with E-state index < -0.39 is 22.4 Å². The van der Waals surface area contributed by atoms with Gasteiger partial charge in [-0.3, -0.25) is 20.3 Å². The van der Waals surface area contributed by atoms with E-state index in [-0.39, 0.29) is 17.5 Å². The highest BCUT2D eigenvalue weighted by molar-refractivity contribution is 5.88. The van der Waals surface area contributed by atoms with E-state index in [2.05, 4.69) is 21.4 Å². The maximum atomic E-state index is 11.7. The zero-order chi connectivity index (χ0) is 15.4. The summed E-state index contributed by atoms with van der Waals surface area (Å²) in [5.41, 5.74) is 7.77. The second-order valence-corrected chi connectivity index (χ2v) is 4.68. The molecule has 1 aliphatic heterocycles. The molecule has 0 spiro atoms. The van der Waals surface area contributed by atoms with Gasteiger partial charge in [0.1, 0.15) is 6.04 Å². The summed E-state index contributed by atoms with van der Waals surface area (Å²) in [5.74, 6) is -0.817. The van der Waals surface area contributed by atoms with Gasteiger partial charge < -0.3 is 5.11 Å². The van der Waals surface area contributed by atoms with Crippen molar-refractivity contribution in [2.45, 2.75) is 25.4 Å². The fourth-order valence-electron chi connectivity index (χ4n) is 1.93. The third-order valence-electron chi connectivity index (χ3n) is 3.03. The van der Waals surface area contributed by atoms with Gasteiger partial charge in [0.2, 0.25) is 5.75 Å². The molecule has 0 bridgehead atoms. The minimum absolute atomic E-state index is 0.148. The van der Waals surface area contributed by atoms with E-state index >= 15 is 0 Å². The number of hydrogen-bond donors (Lipinski definition) is 4. The van der Waals surface area contributed by atoms with Crippen LogP contribution in [0.4, 0.5) is 5.69 Å². The average Bonchev–Trinajstić information content (AvgIpc) is 2.87. The molecule has 1 aromatic rings. The van der Waals surface area contributed by atoms with E-state index in [1.54, 1.807) is 0 Å². The van der Waals surface area contributed by atoms with Crippen molar-refractivity contribution in [3.8, 4) is 5.75 Å². The van der Waals surface area contributed by atoms with Gasteiger partial charge in [-0.05, 0) is 19.4 Å². The van der Waals surface area contributed by atoms with Gasteiger partial charge in [0.15, 0.2) is 0 Å². The molecule has 0 radical (unpaired) electrons. The number of rotatable bonds is 4. The first-order valence-electron chi connectivity index (χ1n) is 6.29. The Balaban J connectivity index is 2.00. The van der Waals surface area contributed by atoms with Gasteiger partial charge in [-0.25, -0.2) is 10.9 Å². The standard InChI is InChI=1S/C12H15N5O4/c1-7-5-9(15-14-7)12(19)16-13-6-8-3-2-4-10(11(8)18)17(20)21/h2-4,6-7,9,14-15,18H,5H2,1H3,(H,16,19)/b13-6+. The van der Waals surface area contributed by atoms with E-state index in [0.29, 0.717) is 6.42 Å². The molecule has 0 aromatic heterocycles. The highest BCUT2D eigenvalue weighted by Crippen LogP contribution is 2.27. The summed E-state index contributed by atoms with van der Waals surface area (Å²) in [6.07, 6.45) is 1.79. The van der Waals surface area contributed by atoms with E-state index in [1.807, 2.05) is 6.92 Å². The number of hydrogen-bond acceptors (Lipinski definition) is 7. The average molecular weight is 293 g/mol. The van der Waals surface area contributed by atoms with Crippen molar-refractivity contribution in [2.75, 3.05) is 0 Å². The lowest BCUT2D eigenvalue weighted by Gasteiger charge is -2.06. The maximum Gasteiger partial charge on any atom is 0.311 e. The summed E-state index contributed by atoms with van der Waals surface area (Å²) in [6, 6.07) is 3.85. The predicted molar refractivity (Wildman–Crippen MR) is 74.6 cm³/mol. The highest BCUT2D eigenvalue weighted by atomic mass is 16.6. The number of nitro benzene ring substituents is 1. The molecule has 2 rings (SSSR count). The summed E-state index contributed by atoms with van der Waals surface area (Å²) in [6.45, 7) is 1.94. The molecular formula is C12H15N5O4. The fraction of sp³-hybridized carbons (Fsp3) is 0.333. The first-order valence-corrected chi connectivity index (χ1v) is 6.29. The number of phenolic OH excluding ortho intramolecular Hbond substituents is 1. The topological polar surface area (TPSA) is 129 Å². The van der Waals surface area contributed by atoms with Gasteiger partial charge in [-0.2, -0.15) is 5.10 Å². The lowest BCUT2D eigenvalue weighted by molar-refractivity contribution is -0.385. The van der Waals surface area contributed by atoms with Crippen molar-refractivity contribution in [3.63, 3.8) is 0 Å². The summed E-state index contributed by atoms with van der Waals surface area (Å²) >= 11 is 0. The number of nitrogens with one attached hydrogen (secondary N) is 3. The van der Waals surface area contributed by atoms with Gasteiger partial charge in [0, 0.05) is 17.7 Å². The van der Waals surface area contributed by atoms with Crippen LogP contribution in [0.2, 0.25) is 0 Å². The Bertz CT molecular complexity index is 589. The summed E-state index contributed by atoms with van der Waals surface area (Å²) in [5, 5.41) is 24.1. The Labute approximate surface area is 120 Å². The molecule has 4 N–H and O–H groups in total. The number of hydrazone groups is 1. The van der Waals surface area contributed by atoms with Crippen LogP contribution in [0.5, 0.6) is 5.75 Å². The number of aromatic hydroxyl groups is 1. The van der Waals surface area contributed by atoms with Crippen molar-refractivity contribution in [2.24, 2.45) is 5.10 Å². The minimum atomic E-state index is -0.694. The normalized spacial score (nSPS) is 21.6. The van der Waals surface area contributed by atoms with Crippen molar-refractivity contribution in [1.82, 2.24) is 16.3 Å². The largest absolute Gasteiger partial charge is 0.502 e. The fourth-order valence-corrected chi connectivity index (χ4v) is 1.93. The number of nitrogens with zero attached hydrogens (tertiary/aromatic N) is 2. The highest BCUT2D eigenvalue weighted by Gasteiger charge is 2.26. The van der Waals surface area contributed by atoms with Gasteiger partial charge in [0.25, 0.3) is 5.91 Å². The van der Waals surface area contributed by atoms with Gasteiger partial charge in [-0.15, -0.1) is 0 Å². The van der Waals surface area contributed by atoms with Gasteiger partial charge in [0.05, 0.1) is 11.1 Å².